The van der Waals surface area contributed by atoms with Crippen LogP contribution >= 0.6 is 24.0 Å². The molecule has 0 amide bonds. The smallest absolute Gasteiger partial charge is 0.194 e. The molecule has 1 aliphatic heterocycles. The van der Waals surface area contributed by atoms with Gasteiger partial charge in [0, 0.05) is 50.3 Å². The normalized spacial score (nSPS) is 22.1. The van der Waals surface area contributed by atoms with Crippen molar-refractivity contribution in [3.63, 3.8) is 0 Å². The number of likely N-dealkylation sites (tertiary alicyclic amines) is 1. The molecular formula is C18H37IN4O. The summed E-state index contributed by atoms with van der Waals surface area (Å²) >= 11 is 0. The number of nitrogens with zero attached hydrogens (tertiary/aromatic N) is 3. The number of ether oxygens (including phenoxy) is 1. The maximum atomic E-state index is 5.23. The molecule has 5 nitrogen and oxygen atoms in total. The first-order chi connectivity index (χ1) is 10.8. The van der Waals surface area contributed by atoms with Gasteiger partial charge in [-0.05, 0) is 33.6 Å². The number of halogens is 1. The number of methoxy groups -OCH3 is 1. The fourth-order valence-corrected chi connectivity index (χ4v) is 3.20. The van der Waals surface area contributed by atoms with Gasteiger partial charge < -0.3 is 15.0 Å². The lowest BCUT2D eigenvalue weighted by Crippen LogP contribution is -2.72. The topological polar surface area (TPSA) is 40.1 Å². The molecule has 1 saturated heterocycles. The van der Waals surface area contributed by atoms with Gasteiger partial charge in [-0.2, -0.15) is 0 Å². The Morgan fingerprint density at radius 3 is 2.38 bits per heavy atom. The van der Waals surface area contributed by atoms with E-state index < -0.39 is 0 Å². The maximum Gasteiger partial charge on any atom is 0.194 e. The van der Waals surface area contributed by atoms with E-state index in [0.717, 1.165) is 51.3 Å². The number of rotatable bonds is 8. The van der Waals surface area contributed by atoms with Crippen molar-refractivity contribution in [2.75, 3.05) is 46.4 Å². The SMILES string of the molecule is CCNC(=NCCN(CCOC)C1CC1)N1CC(C)(C)C1(C)C.I. The van der Waals surface area contributed by atoms with Crippen LogP contribution in [0.1, 0.15) is 47.5 Å². The van der Waals surface area contributed by atoms with Gasteiger partial charge in [0.2, 0.25) is 0 Å². The number of hydrogen-bond acceptors (Lipinski definition) is 3. The Hall–Kier alpha value is -0.0800. The fraction of sp³-hybridized carbons (Fsp3) is 0.944. The van der Waals surface area contributed by atoms with Crippen LogP contribution in [0.3, 0.4) is 0 Å². The second-order valence-corrected chi connectivity index (χ2v) is 8.02. The predicted octanol–water partition coefficient (Wildman–Crippen LogP) is 2.80. The van der Waals surface area contributed by atoms with Crippen molar-refractivity contribution in [3.8, 4) is 0 Å². The van der Waals surface area contributed by atoms with E-state index in [9.17, 15) is 0 Å². The van der Waals surface area contributed by atoms with Gasteiger partial charge in [0.1, 0.15) is 0 Å². The van der Waals surface area contributed by atoms with Crippen molar-refractivity contribution in [2.24, 2.45) is 10.4 Å². The van der Waals surface area contributed by atoms with Gasteiger partial charge in [-0.15, -0.1) is 24.0 Å². The van der Waals surface area contributed by atoms with Gasteiger partial charge >= 0.3 is 0 Å². The summed E-state index contributed by atoms with van der Waals surface area (Å²) in [5.41, 5.74) is 0.488. The summed E-state index contributed by atoms with van der Waals surface area (Å²) in [6, 6.07) is 0.766. The van der Waals surface area contributed by atoms with Crippen molar-refractivity contribution in [2.45, 2.75) is 59.0 Å². The zero-order valence-electron chi connectivity index (χ0n) is 16.4. The second-order valence-electron chi connectivity index (χ2n) is 8.02. The van der Waals surface area contributed by atoms with Crippen LogP contribution in [0.2, 0.25) is 0 Å². The van der Waals surface area contributed by atoms with Crippen LogP contribution in [0.25, 0.3) is 0 Å². The molecular weight excluding hydrogens is 415 g/mol. The molecule has 0 unspecified atom stereocenters. The Kier molecular flexibility index (Phi) is 8.26. The molecule has 0 aromatic carbocycles. The standard InChI is InChI=1S/C18H36N4O.HI/c1-7-19-16(22-14-17(2,3)18(22,4)5)20-10-11-21(12-13-23-6)15-8-9-15;/h15H,7-14H2,1-6H3,(H,19,20);1H. The minimum atomic E-state index is 0. The monoisotopic (exact) mass is 452 g/mol. The molecule has 2 fully saturated rings. The van der Waals surface area contributed by atoms with Gasteiger partial charge in [0.15, 0.2) is 5.96 Å². The lowest BCUT2D eigenvalue weighted by Gasteiger charge is -2.62. The molecule has 142 valence electrons. The Balaban J connectivity index is 0.00000288. The van der Waals surface area contributed by atoms with E-state index in [1.54, 1.807) is 7.11 Å². The maximum absolute atomic E-state index is 5.23. The fourth-order valence-electron chi connectivity index (χ4n) is 3.20. The van der Waals surface area contributed by atoms with Crippen molar-refractivity contribution >= 4 is 29.9 Å². The van der Waals surface area contributed by atoms with Crippen LogP contribution in [0.4, 0.5) is 0 Å². The molecule has 1 saturated carbocycles. The number of hydrogen-bond donors (Lipinski definition) is 1. The average molecular weight is 452 g/mol. The summed E-state index contributed by atoms with van der Waals surface area (Å²) in [4.78, 5) is 9.86. The van der Waals surface area contributed by atoms with Crippen molar-refractivity contribution < 1.29 is 4.74 Å². The Morgan fingerprint density at radius 1 is 1.25 bits per heavy atom. The van der Waals surface area contributed by atoms with E-state index in [0.29, 0.717) is 5.41 Å². The second kappa shape index (κ2) is 9.03. The molecule has 2 rings (SSSR count). The van der Waals surface area contributed by atoms with E-state index >= 15 is 0 Å². The third-order valence-electron chi connectivity index (χ3n) is 5.77. The molecule has 2 aliphatic rings. The van der Waals surface area contributed by atoms with Crippen LogP contribution in [0, 0.1) is 5.41 Å². The zero-order chi connectivity index (χ0) is 17.1. The first kappa shape index (κ1) is 22.0. The summed E-state index contributed by atoms with van der Waals surface area (Å²) in [5, 5.41) is 3.47. The van der Waals surface area contributed by atoms with E-state index in [1.807, 2.05) is 0 Å². The third-order valence-corrected chi connectivity index (χ3v) is 5.77. The molecule has 0 spiro atoms. The van der Waals surface area contributed by atoms with E-state index in [2.05, 4.69) is 49.7 Å². The van der Waals surface area contributed by atoms with Gasteiger partial charge in [0.05, 0.1) is 13.2 Å². The van der Waals surface area contributed by atoms with Crippen molar-refractivity contribution in [1.29, 1.82) is 0 Å². The number of aliphatic imine (C=N–C) groups is 1. The van der Waals surface area contributed by atoms with Crippen LogP contribution in [-0.2, 0) is 4.74 Å². The number of guanidine groups is 1. The molecule has 0 atom stereocenters. The van der Waals surface area contributed by atoms with Crippen molar-refractivity contribution in [1.82, 2.24) is 15.1 Å². The zero-order valence-corrected chi connectivity index (χ0v) is 18.7. The van der Waals surface area contributed by atoms with E-state index in [4.69, 9.17) is 9.73 Å². The Labute approximate surface area is 165 Å². The molecule has 0 aromatic heterocycles. The van der Waals surface area contributed by atoms with E-state index in [1.165, 1.54) is 12.8 Å². The van der Waals surface area contributed by atoms with Crippen molar-refractivity contribution in [3.05, 3.63) is 0 Å². The van der Waals surface area contributed by atoms with Gasteiger partial charge in [-0.3, -0.25) is 9.89 Å². The van der Waals surface area contributed by atoms with Crippen LogP contribution < -0.4 is 5.32 Å². The number of nitrogens with one attached hydrogen (secondary N) is 1. The minimum Gasteiger partial charge on any atom is -0.383 e. The highest BCUT2D eigenvalue weighted by Crippen LogP contribution is 2.46. The predicted molar refractivity (Wildman–Crippen MR) is 112 cm³/mol. The quantitative estimate of drug-likeness (QED) is 0.349. The first-order valence-electron chi connectivity index (χ1n) is 9.12. The highest BCUT2D eigenvalue weighted by Gasteiger charge is 2.53. The Morgan fingerprint density at radius 2 is 1.92 bits per heavy atom. The summed E-state index contributed by atoms with van der Waals surface area (Å²) < 4.78 is 5.23. The minimum absolute atomic E-state index is 0. The molecule has 24 heavy (non-hydrogen) atoms. The molecule has 0 radical (unpaired) electrons. The summed E-state index contributed by atoms with van der Waals surface area (Å²) in [6.45, 7) is 17.2. The molecule has 1 heterocycles. The molecule has 0 bridgehead atoms. The Bertz CT molecular complexity index is 421. The summed E-state index contributed by atoms with van der Waals surface area (Å²) in [6.07, 6.45) is 2.67. The van der Waals surface area contributed by atoms with Gasteiger partial charge in [-0.1, -0.05) is 13.8 Å². The molecule has 1 aliphatic carbocycles. The molecule has 0 aromatic rings. The summed E-state index contributed by atoms with van der Waals surface area (Å²) in [5.74, 6) is 1.07. The molecule has 1 N–H and O–H groups in total. The van der Waals surface area contributed by atoms with Crippen LogP contribution in [0.15, 0.2) is 4.99 Å². The average Bonchev–Trinajstić information content (AvgIpc) is 3.32. The lowest BCUT2D eigenvalue weighted by atomic mass is 9.65. The van der Waals surface area contributed by atoms with Crippen LogP contribution in [-0.4, -0.2) is 73.8 Å². The highest BCUT2D eigenvalue weighted by atomic mass is 127. The van der Waals surface area contributed by atoms with Gasteiger partial charge in [0.25, 0.3) is 0 Å². The summed E-state index contributed by atoms with van der Waals surface area (Å²) in [7, 11) is 1.78. The highest BCUT2D eigenvalue weighted by molar-refractivity contribution is 14.0. The third kappa shape index (κ3) is 4.97. The molecule has 6 heteroatoms. The van der Waals surface area contributed by atoms with Crippen LogP contribution in [0.5, 0.6) is 0 Å². The van der Waals surface area contributed by atoms with Gasteiger partial charge in [-0.25, -0.2) is 0 Å². The lowest BCUT2D eigenvalue weighted by molar-refractivity contribution is -0.0667. The first-order valence-corrected chi connectivity index (χ1v) is 9.12. The van der Waals surface area contributed by atoms with E-state index in [-0.39, 0.29) is 29.5 Å². The largest absolute Gasteiger partial charge is 0.383 e.